The molecule has 38 heavy (non-hydrogen) atoms. The molecule has 0 spiro atoms. The zero-order chi connectivity index (χ0) is 27.7. The predicted molar refractivity (Wildman–Crippen MR) is 152 cm³/mol. The van der Waals surface area contributed by atoms with Gasteiger partial charge in [0.25, 0.3) is 5.91 Å². The topological polar surface area (TPSA) is 113 Å². The fraction of sp³-hybridized carbons (Fsp3) is 0.357. The first-order valence-corrected chi connectivity index (χ1v) is 13.8. The molecule has 1 heterocycles. The Morgan fingerprint density at radius 1 is 0.921 bits per heavy atom. The molecule has 202 valence electrons. The van der Waals surface area contributed by atoms with Crippen molar-refractivity contribution in [3.63, 3.8) is 0 Å². The van der Waals surface area contributed by atoms with Gasteiger partial charge in [0.05, 0.1) is 34.9 Å². The number of ether oxygens (including phenoxy) is 2. The summed E-state index contributed by atoms with van der Waals surface area (Å²) in [4.78, 5) is 37.7. The lowest BCUT2D eigenvalue weighted by Crippen LogP contribution is -2.28. The van der Waals surface area contributed by atoms with Gasteiger partial charge in [0.15, 0.2) is 15.8 Å². The highest BCUT2D eigenvalue weighted by atomic mass is 32.2. The number of hydrogen-bond acceptors (Lipinski definition) is 7. The fourth-order valence-corrected chi connectivity index (χ4v) is 5.19. The molecule has 0 atom stereocenters. The van der Waals surface area contributed by atoms with E-state index in [4.69, 9.17) is 21.7 Å². The molecule has 1 fully saturated rings. The number of carboxylic acids is 2. The maximum absolute atomic E-state index is 13.2. The van der Waals surface area contributed by atoms with Gasteiger partial charge in [-0.1, -0.05) is 69.1 Å². The van der Waals surface area contributed by atoms with Gasteiger partial charge in [0.1, 0.15) is 0 Å². The Labute approximate surface area is 231 Å². The van der Waals surface area contributed by atoms with E-state index in [2.05, 4.69) is 6.92 Å². The van der Waals surface area contributed by atoms with Crippen LogP contribution in [0.5, 0.6) is 11.5 Å². The Kier molecular flexibility index (Phi) is 10.7. The van der Waals surface area contributed by atoms with E-state index in [-0.39, 0.29) is 21.1 Å². The number of carboxylic acid groups (broad SMARTS) is 2. The van der Waals surface area contributed by atoms with Crippen LogP contribution < -0.4 is 14.4 Å². The van der Waals surface area contributed by atoms with E-state index < -0.39 is 17.8 Å². The van der Waals surface area contributed by atoms with Crippen molar-refractivity contribution in [1.82, 2.24) is 0 Å². The minimum atomic E-state index is -1.31. The van der Waals surface area contributed by atoms with Gasteiger partial charge in [0, 0.05) is 0 Å². The van der Waals surface area contributed by atoms with E-state index in [1.807, 2.05) is 19.1 Å². The third-order valence-electron chi connectivity index (χ3n) is 5.78. The number of carbonyl (C=O) groups excluding carboxylic acids is 1. The Hall–Kier alpha value is -3.37. The smallest absolute Gasteiger partial charge is 0.335 e. The average Bonchev–Trinajstić information content (AvgIpc) is 3.16. The van der Waals surface area contributed by atoms with Crippen LogP contribution in [-0.4, -0.2) is 45.6 Å². The largest absolute Gasteiger partial charge is 0.490 e. The number of amides is 1. The fourth-order valence-electron chi connectivity index (χ4n) is 3.90. The lowest BCUT2D eigenvalue weighted by molar-refractivity contribution is -0.113. The lowest BCUT2D eigenvalue weighted by atomic mass is 10.1. The number of anilines is 1. The summed E-state index contributed by atoms with van der Waals surface area (Å²) in [5.41, 5.74) is 0.277. The first-order chi connectivity index (χ1) is 18.2. The maximum atomic E-state index is 13.2. The number of thioether (sulfide) groups is 1. The van der Waals surface area contributed by atoms with Crippen LogP contribution in [0, 0.1) is 0 Å². The van der Waals surface area contributed by atoms with Crippen molar-refractivity contribution in [2.24, 2.45) is 0 Å². The van der Waals surface area contributed by atoms with Gasteiger partial charge in [0.2, 0.25) is 0 Å². The van der Waals surface area contributed by atoms with E-state index >= 15 is 0 Å². The molecular formula is C28H31NO7S2. The number of rotatable bonds is 14. The zero-order valence-electron chi connectivity index (χ0n) is 21.4. The molecule has 2 N–H and O–H groups in total. The first-order valence-electron chi connectivity index (χ1n) is 12.5. The monoisotopic (exact) mass is 557 g/mol. The van der Waals surface area contributed by atoms with E-state index in [1.165, 1.54) is 37.8 Å². The molecule has 3 rings (SSSR count). The van der Waals surface area contributed by atoms with Crippen molar-refractivity contribution in [3.05, 3.63) is 58.0 Å². The second-order valence-electron chi connectivity index (χ2n) is 8.65. The van der Waals surface area contributed by atoms with Gasteiger partial charge in [-0.25, -0.2) is 9.59 Å². The number of carbonyl (C=O) groups is 3. The highest BCUT2D eigenvalue weighted by molar-refractivity contribution is 8.27. The number of aromatic carboxylic acids is 2. The summed E-state index contributed by atoms with van der Waals surface area (Å²) in [5, 5.41) is 18.7. The van der Waals surface area contributed by atoms with Crippen LogP contribution in [0.3, 0.4) is 0 Å². The van der Waals surface area contributed by atoms with Crippen molar-refractivity contribution in [2.45, 2.75) is 52.4 Å². The van der Waals surface area contributed by atoms with E-state index in [9.17, 15) is 24.6 Å². The zero-order valence-corrected chi connectivity index (χ0v) is 23.0. The minimum absolute atomic E-state index is 0.0849. The Bertz CT molecular complexity index is 1210. The van der Waals surface area contributed by atoms with Gasteiger partial charge >= 0.3 is 11.9 Å². The third-order valence-corrected chi connectivity index (χ3v) is 7.09. The van der Waals surface area contributed by atoms with Crippen LogP contribution in [0.25, 0.3) is 6.08 Å². The van der Waals surface area contributed by atoms with Crippen molar-refractivity contribution >= 4 is 57.9 Å². The molecule has 0 aromatic heterocycles. The summed E-state index contributed by atoms with van der Waals surface area (Å²) >= 11 is 6.43. The van der Waals surface area contributed by atoms with E-state index in [1.54, 1.807) is 12.1 Å². The van der Waals surface area contributed by atoms with E-state index in [0.29, 0.717) is 35.2 Å². The molecule has 0 aliphatic carbocycles. The van der Waals surface area contributed by atoms with Crippen LogP contribution in [0.4, 0.5) is 5.69 Å². The van der Waals surface area contributed by atoms with Gasteiger partial charge in [-0.2, -0.15) is 0 Å². The molecule has 2 aromatic carbocycles. The quantitative estimate of drug-likeness (QED) is 0.150. The number of hydrogen-bond donors (Lipinski definition) is 2. The second-order valence-corrected chi connectivity index (χ2v) is 10.3. The Balaban J connectivity index is 1.78. The summed E-state index contributed by atoms with van der Waals surface area (Å²) in [6.45, 7) is 5.12. The summed E-state index contributed by atoms with van der Waals surface area (Å²) in [7, 11) is 0. The molecular weight excluding hydrogens is 526 g/mol. The van der Waals surface area contributed by atoms with Crippen molar-refractivity contribution in [3.8, 4) is 11.5 Å². The number of nitrogens with zero attached hydrogens (tertiary/aromatic N) is 1. The lowest BCUT2D eigenvalue weighted by Gasteiger charge is -2.16. The van der Waals surface area contributed by atoms with Gasteiger partial charge in [-0.15, -0.1) is 0 Å². The first kappa shape index (κ1) is 29.2. The molecule has 1 aliphatic heterocycles. The Morgan fingerprint density at radius 2 is 1.58 bits per heavy atom. The molecule has 1 aliphatic rings. The van der Waals surface area contributed by atoms with Crippen molar-refractivity contribution < 1.29 is 34.1 Å². The van der Waals surface area contributed by atoms with Crippen LogP contribution >= 0.6 is 24.0 Å². The molecule has 0 radical (unpaired) electrons. The van der Waals surface area contributed by atoms with Crippen molar-refractivity contribution in [2.75, 3.05) is 18.1 Å². The Morgan fingerprint density at radius 3 is 2.21 bits per heavy atom. The van der Waals surface area contributed by atoms with Crippen molar-refractivity contribution in [1.29, 1.82) is 0 Å². The molecule has 1 saturated heterocycles. The highest BCUT2D eigenvalue weighted by Gasteiger charge is 2.34. The molecule has 8 nitrogen and oxygen atoms in total. The van der Waals surface area contributed by atoms with Gasteiger partial charge in [-0.05, 0) is 55.3 Å². The van der Waals surface area contributed by atoms with Crippen LogP contribution in [-0.2, 0) is 4.79 Å². The second kappa shape index (κ2) is 14.0. The molecule has 10 heteroatoms. The SMILES string of the molecule is CCCCCCCCOc1ccc(C=C2SC(=S)N(c3cc(C(=O)O)cc(C(=O)O)c3)C2=O)cc1OCC. The maximum Gasteiger partial charge on any atom is 0.335 e. The summed E-state index contributed by atoms with van der Waals surface area (Å²) in [6.07, 6.45) is 8.66. The molecule has 1 amide bonds. The molecule has 0 saturated carbocycles. The molecule has 0 bridgehead atoms. The summed E-state index contributed by atoms with van der Waals surface area (Å²) in [6, 6.07) is 8.91. The summed E-state index contributed by atoms with van der Waals surface area (Å²) < 4.78 is 11.9. The molecule has 0 unspecified atom stereocenters. The molecule has 2 aromatic rings. The number of benzene rings is 2. The van der Waals surface area contributed by atoms with E-state index in [0.717, 1.165) is 35.6 Å². The highest BCUT2D eigenvalue weighted by Crippen LogP contribution is 2.38. The number of thiocarbonyl (C=S) groups is 1. The third kappa shape index (κ3) is 7.58. The number of unbranched alkanes of at least 4 members (excludes halogenated alkanes) is 5. The van der Waals surface area contributed by atoms with Gasteiger partial charge < -0.3 is 19.7 Å². The van der Waals surface area contributed by atoms with Crippen LogP contribution in [0.2, 0.25) is 0 Å². The normalized spacial score (nSPS) is 14.3. The summed E-state index contributed by atoms with van der Waals surface area (Å²) in [5.74, 6) is -1.88. The predicted octanol–water partition coefficient (Wildman–Crippen LogP) is 6.63. The van der Waals surface area contributed by atoms with Gasteiger partial charge in [-0.3, -0.25) is 9.69 Å². The standard InChI is InChI=1S/C28H31NO7S2/c1-3-5-6-7-8-9-12-36-22-11-10-18(13-23(22)35-4-2)14-24-25(30)29(28(37)38-24)21-16-19(26(31)32)15-20(17-21)27(33)34/h10-11,13-17H,3-9,12H2,1-2H3,(H,31,32)(H,33,34). The minimum Gasteiger partial charge on any atom is -0.490 e. The average molecular weight is 558 g/mol. The van der Waals surface area contributed by atoms with Crippen LogP contribution in [0.15, 0.2) is 41.3 Å². The van der Waals surface area contributed by atoms with Crippen LogP contribution in [0.1, 0.15) is 78.7 Å².